The van der Waals surface area contributed by atoms with Crippen molar-refractivity contribution in [2.45, 2.75) is 12.8 Å². The van der Waals surface area contributed by atoms with Crippen LogP contribution in [-0.2, 0) is 17.6 Å². The second kappa shape index (κ2) is 5.02. The van der Waals surface area contributed by atoms with Crippen LogP contribution in [0.3, 0.4) is 0 Å². The first-order chi connectivity index (χ1) is 8.49. The van der Waals surface area contributed by atoms with E-state index in [1.165, 1.54) is 0 Å². The number of amides is 2. The Kier molecular flexibility index (Phi) is 3.61. The zero-order valence-electron chi connectivity index (χ0n) is 10.5. The molecule has 0 atom stereocenters. The minimum Gasteiger partial charge on any atom is -0.337 e. The smallest absolute Gasteiger partial charge is 0.278 e. The number of rotatable bonds is 3. The molecule has 1 aromatic carbocycles. The first kappa shape index (κ1) is 13.0. The van der Waals surface area contributed by atoms with Crippen molar-refractivity contribution < 1.29 is 9.59 Å². The summed E-state index contributed by atoms with van der Waals surface area (Å²) in [6.45, 7) is 0.630. The van der Waals surface area contributed by atoms with Gasteiger partial charge >= 0.3 is 0 Å². The molecule has 0 bridgehead atoms. The van der Waals surface area contributed by atoms with Crippen LogP contribution in [0.1, 0.15) is 11.1 Å². The van der Waals surface area contributed by atoms with Crippen LogP contribution < -0.4 is 4.90 Å². The first-order valence-electron chi connectivity index (χ1n) is 5.81. The quantitative estimate of drug-likeness (QED) is 0.845. The highest BCUT2D eigenvalue weighted by Gasteiger charge is 2.23. The van der Waals surface area contributed by atoms with E-state index in [1.54, 1.807) is 23.9 Å². The molecule has 0 unspecified atom stereocenters. The largest absolute Gasteiger partial charge is 0.337 e. The summed E-state index contributed by atoms with van der Waals surface area (Å²) in [4.78, 5) is 25.8. The van der Waals surface area contributed by atoms with Gasteiger partial charge in [0.05, 0.1) is 6.42 Å². The van der Waals surface area contributed by atoms with Crippen molar-refractivity contribution in [2.75, 3.05) is 25.5 Å². The van der Waals surface area contributed by atoms with Crippen LogP contribution in [0.25, 0.3) is 0 Å². The Morgan fingerprint density at radius 3 is 2.89 bits per heavy atom. The summed E-state index contributed by atoms with van der Waals surface area (Å²) in [5.74, 6) is 0.129. The van der Waals surface area contributed by atoms with Gasteiger partial charge in [-0.25, -0.2) is 0 Å². The third kappa shape index (κ3) is 2.51. The van der Waals surface area contributed by atoms with E-state index in [9.17, 15) is 9.59 Å². The van der Waals surface area contributed by atoms with E-state index < -0.39 is 0 Å². The Morgan fingerprint density at radius 2 is 2.22 bits per heavy atom. The molecule has 0 fully saturated rings. The van der Waals surface area contributed by atoms with Crippen molar-refractivity contribution in [1.29, 1.82) is 0 Å². The molecule has 4 nitrogen and oxygen atoms in total. The molecule has 0 radical (unpaired) electrons. The fraction of sp³-hybridized carbons (Fsp3) is 0.385. The highest BCUT2D eigenvalue weighted by atomic mass is 32.1. The molecule has 2 amide bonds. The number of hydrogen-bond acceptors (Lipinski definition) is 2. The monoisotopic (exact) mass is 264 g/mol. The van der Waals surface area contributed by atoms with Crippen LogP contribution >= 0.6 is 12.6 Å². The van der Waals surface area contributed by atoms with E-state index in [1.807, 2.05) is 18.2 Å². The van der Waals surface area contributed by atoms with Crippen LogP contribution in [0.5, 0.6) is 0 Å². The summed E-state index contributed by atoms with van der Waals surface area (Å²) < 4.78 is 0. The summed E-state index contributed by atoms with van der Waals surface area (Å²) in [5, 5.41) is -0.230. The number of carbonyl (C=O) groups is 2. The lowest BCUT2D eigenvalue weighted by Gasteiger charge is -2.14. The van der Waals surface area contributed by atoms with E-state index in [-0.39, 0.29) is 11.1 Å². The third-order valence-corrected chi connectivity index (χ3v) is 3.62. The third-order valence-electron chi connectivity index (χ3n) is 3.28. The number of likely N-dealkylation sites (N-methyl/N-ethyl adjacent to an activating group) is 2. The molecule has 5 heteroatoms. The van der Waals surface area contributed by atoms with Gasteiger partial charge in [0.25, 0.3) is 5.24 Å². The van der Waals surface area contributed by atoms with E-state index in [0.717, 1.165) is 23.2 Å². The number of thiol groups is 1. The van der Waals surface area contributed by atoms with E-state index in [0.29, 0.717) is 13.0 Å². The predicted octanol–water partition coefficient (Wildman–Crippen LogP) is 1.73. The van der Waals surface area contributed by atoms with E-state index in [4.69, 9.17) is 0 Å². The number of nitrogens with zero attached hydrogens (tertiary/aromatic N) is 2. The average Bonchev–Trinajstić information content (AvgIpc) is 2.61. The zero-order valence-corrected chi connectivity index (χ0v) is 11.4. The summed E-state index contributed by atoms with van der Waals surface area (Å²) in [7, 11) is 3.52. The lowest BCUT2D eigenvalue weighted by Crippen LogP contribution is -2.23. The fourth-order valence-corrected chi connectivity index (χ4v) is 2.17. The van der Waals surface area contributed by atoms with Gasteiger partial charge < -0.3 is 9.80 Å². The maximum absolute atomic E-state index is 11.6. The zero-order chi connectivity index (χ0) is 13.3. The maximum atomic E-state index is 11.6. The van der Waals surface area contributed by atoms with Gasteiger partial charge in [0, 0.05) is 26.3 Å². The molecule has 1 aliphatic rings. The molecule has 0 spiro atoms. The second-order valence-corrected chi connectivity index (χ2v) is 4.93. The van der Waals surface area contributed by atoms with Crippen LogP contribution in [0.2, 0.25) is 0 Å². The van der Waals surface area contributed by atoms with Crippen molar-refractivity contribution in [3.63, 3.8) is 0 Å². The Labute approximate surface area is 112 Å². The van der Waals surface area contributed by atoms with Crippen LogP contribution in [0, 0.1) is 0 Å². The molecule has 1 heterocycles. The van der Waals surface area contributed by atoms with Crippen molar-refractivity contribution in [3.05, 3.63) is 29.3 Å². The lowest BCUT2D eigenvalue weighted by atomic mass is 10.1. The molecule has 96 valence electrons. The first-order valence-corrected chi connectivity index (χ1v) is 6.26. The van der Waals surface area contributed by atoms with Crippen LogP contribution in [0.15, 0.2) is 18.2 Å². The molecule has 0 aromatic heterocycles. The van der Waals surface area contributed by atoms with E-state index in [2.05, 4.69) is 12.6 Å². The van der Waals surface area contributed by atoms with Crippen molar-refractivity contribution >= 4 is 29.5 Å². The number of carbonyl (C=O) groups excluding carboxylic acids is 2. The molecule has 0 N–H and O–H groups in total. The predicted molar refractivity (Wildman–Crippen MR) is 74.3 cm³/mol. The highest BCUT2D eigenvalue weighted by Crippen LogP contribution is 2.28. The number of anilines is 1. The minimum atomic E-state index is -0.230. The molecule has 0 saturated carbocycles. The van der Waals surface area contributed by atoms with Gasteiger partial charge in [0.1, 0.15) is 0 Å². The van der Waals surface area contributed by atoms with Crippen molar-refractivity contribution in [1.82, 2.24) is 4.90 Å². The normalized spacial score (nSPS) is 13.7. The molecule has 1 aliphatic heterocycles. The molecular formula is C13H16N2O2S. The molecule has 1 aromatic rings. The Balaban J connectivity index is 2.07. The van der Waals surface area contributed by atoms with Gasteiger partial charge in [-0.1, -0.05) is 24.8 Å². The fourth-order valence-electron chi connectivity index (χ4n) is 2.07. The topological polar surface area (TPSA) is 40.6 Å². The molecule has 0 saturated heterocycles. The molecule has 2 rings (SSSR count). The highest BCUT2D eigenvalue weighted by molar-refractivity contribution is 7.96. The molecule has 18 heavy (non-hydrogen) atoms. The maximum Gasteiger partial charge on any atom is 0.278 e. The van der Waals surface area contributed by atoms with Gasteiger partial charge in [0.15, 0.2) is 0 Å². The van der Waals surface area contributed by atoms with E-state index >= 15 is 0 Å². The van der Waals surface area contributed by atoms with Gasteiger partial charge in [-0.15, -0.1) is 0 Å². The van der Waals surface area contributed by atoms with Gasteiger partial charge in [-0.05, 0) is 23.6 Å². The van der Waals surface area contributed by atoms with Crippen LogP contribution in [-0.4, -0.2) is 36.7 Å². The molecular weight excluding hydrogens is 248 g/mol. The number of benzene rings is 1. The number of fused-ring (bicyclic) bond motifs is 1. The number of hydrogen-bond donors (Lipinski definition) is 1. The SMILES string of the molecule is CN(CCc1ccc2c(c1)CC(=O)N2C)C(=O)S. The van der Waals surface area contributed by atoms with Crippen LogP contribution in [0.4, 0.5) is 10.5 Å². The van der Waals surface area contributed by atoms with Crippen molar-refractivity contribution in [2.24, 2.45) is 0 Å². The summed E-state index contributed by atoms with van der Waals surface area (Å²) in [6.07, 6.45) is 1.25. The minimum absolute atomic E-state index is 0.129. The Morgan fingerprint density at radius 1 is 1.50 bits per heavy atom. The molecule has 0 aliphatic carbocycles. The second-order valence-electron chi connectivity index (χ2n) is 4.55. The lowest BCUT2D eigenvalue weighted by molar-refractivity contribution is -0.117. The van der Waals surface area contributed by atoms with Gasteiger partial charge in [-0.3, -0.25) is 9.59 Å². The standard InChI is InChI=1S/C13H16N2O2S/c1-14(13(17)18)6-5-9-3-4-11-10(7-9)8-12(16)15(11)2/h3-4,7H,5-6,8H2,1-2H3,(H,17,18). The summed E-state index contributed by atoms with van der Waals surface area (Å²) >= 11 is 3.76. The van der Waals surface area contributed by atoms with Gasteiger partial charge in [-0.2, -0.15) is 0 Å². The Bertz CT molecular complexity index is 502. The van der Waals surface area contributed by atoms with Crippen molar-refractivity contribution in [3.8, 4) is 0 Å². The van der Waals surface area contributed by atoms with Gasteiger partial charge in [0.2, 0.25) is 5.91 Å². The Hall–Kier alpha value is -1.49. The summed E-state index contributed by atoms with van der Waals surface area (Å²) in [5.41, 5.74) is 3.19. The average molecular weight is 264 g/mol. The summed E-state index contributed by atoms with van der Waals surface area (Å²) in [6, 6.07) is 6.02.